The average Bonchev–Trinajstić information content (AvgIpc) is 3.40. The van der Waals surface area contributed by atoms with Crippen LogP contribution in [0.2, 0.25) is 0 Å². The second-order valence-electron chi connectivity index (χ2n) is 10.4. The van der Waals surface area contributed by atoms with Crippen LogP contribution in [0.5, 0.6) is 0 Å². The number of piperazine rings is 1. The Balaban J connectivity index is 1.17. The number of carbonyl (C=O) groups excluding carboxylic acids is 2. The van der Waals surface area contributed by atoms with E-state index in [2.05, 4.69) is 66.6 Å². The topological polar surface area (TPSA) is 43.9 Å². The molecule has 2 amide bonds. The van der Waals surface area contributed by atoms with Crippen LogP contribution in [0.25, 0.3) is 0 Å². The zero-order valence-electron chi connectivity index (χ0n) is 21.9. The predicted octanol–water partition coefficient (Wildman–Crippen LogP) is 5.09. The van der Waals surface area contributed by atoms with Crippen molar-refractivity contribution in [3.05, 3.63) is 93.2 Å². The van der Waals surface area contributed by atoms with E-state index in [0.717, 1.165) is 25.9 Å². The Morgan fingerprint density at radius 3 is 2.46 bits per heavy atom. The second-order valence-corrected chi connectivity index (χ2v) is 11.4. The zero-order chi connectivity index (χ0) is 25.8. The highest BCUT2D eigenvalue weighted by molar-refractivity contribution is 7.10. The van der Waals surface area contributed by atoms with Gasteiger partial charge in [0, 0.05) is 56.5 Å². The maximum Gasteiger partial charge on any atom is 0.223 e. The van der Waals surface area contributed by atoms with Crippen molar-refractivity contribution in [1.82, 2.24) is 14.7 Å². The van der Waals surface area contributed by atoms with E-state index < -0.39 is 0 Å². The normalized spacial score (nSPS) is 20.1. The number of carbonyl (C=O) groups is 2. The maximum atomic E-state index is 13.3. The van der Waals surface area contributed by atoms with Crippen LogP contribution in [0.4, 0.5) is 0 Å². The number of aryl methyl sites for hydroxylation is 2. The van der Waals surface area contributed by atoms with Crippen molar-refractivity contribution in [3.8, 4) is 0 Å². The fourth-order valence-electron chi connectivity index (χ4n) is 5.86. The van der Waals surface area contributed by atoms with Crippen LogP contribution in [-0.4, -0.2) is 65.3 Å². The van der Waals surface area contributed by atoms with E-state index in [0.29, 0.717) is 32.5 Å². The van der Waals surface area contributed by atoms with Crippen molar-refractivity contribution in [2.75, 3.05) is 32.7 Å². The van der Waals surface area contributed by atoms with Crippen molar-refractivity contribution in [3.63, 3.8) is 0 Å². The highest BCUT2D eigenvalue weighted by Crippen LogP contribution is 2.38. The quantitative estimate of drug-likeness (QED) is 0.441. The van der Waals surface area contributed by atoms with Crippen LogP contribution in [0.3, 0.4) is 0 Å². The summed E-state index contributed by atoms with van der Waals surface area (Å²) in [5, 5.41) is 2.20. The molecule has 2 aliphatic rings. The Bertz CT molecular complexity index is 1220. The molecule has 0 bridgehead atoms. The van der Waals surface area contributed by atoms with Gasteiger partial charge in [-0.05, 0) is 60.4 Å². The molecule has 1 aromatic heterocycles. The molecule has 0 N–H and O–H groups in total. The van der Waals surface area contributed by atoms with Crippen LogP contribution < -0.4 is 0 Å². The SMILES string of the molecule is Cc1ccccc1C1c2ccsc2CCN1CCC(=O)N1CCN(C(=O)CCc2ccccc2)C(C)C1. The van der Waals surface area contributed by atoms with E-state index in [1.54, 1.807) is 0 Å². The lowest BCUT2D eigenvalue weighted by molar-refractivity contribution is -0.142. The lowest BCUT2D eigenvalue weighted by atomic mass is 9.90. The van der Waals surface area contributed by atoms with Crippen molar-refractivity contribution >= 4 is 23.2 Å². The first-order valence-corrected chi connectivity index (χ1v) is 14.4. The average molecular weight is 516 g/mol. The number of amides is 2. The van der Waals surface area contributed by atoms with Gasteiger partial charge in [0.1, 0.15) is 0 Å². The summed E-state index contributed by atoms with van der Waals surface area (Å²) in [6.45, 7) is 7.83. The molecule has 6 heteroatoms. The smallest absolute Gasteiger partial charge is 0.223 e. The minimum atomic E-state index is 0.0454. The Hall–Kier alpha value is -2.96. The summed E-state index contributed by atoms with van der Waals surface area (Å²) in [5.41, 5.74) is 5.22. The van der Waals surface area contributed by atoms with Gasteiger partial charge in [0.05, 0.1) is 6.04 Å². The van der Waals surface area contributed by atoms with Crippen LogP contribution in [0.15, 0.2) is 66.0 Å². The van der Waals surface area contributed by atoms with Gasteiger partial charge < -0.3 is 9.80 Å². The maximum absolute atomic E-state index is 13.3. The Morgan fingerprint density at radius 1 is 0.892 bits per heavy atom. The first-order chi connectivity index (χ1) is 18.0. The Morgan fingerprint density at radius 2 is 1.68 bits per heavy atom. The fourth-order valence-corrected chi connectivity index (χ4v) is 6.76. The number of benzene rings is 2. The molecule has 2 aliphatic heterocycles. The van der Waals surface area contributed by atoms with E-state index in [1.807, 2.05) is 39.3 Å². The molecule has 3 aromatic rings. The molecule has 2 aromatic carbocycles. The van der Waals surface area contributed by atoms with Gasteiger partial charge in [-0.3, -0.25) is 14.5 Å². The van der Waals surface area contributed by atoms with Gasteiger partial charge >= 0.3 is 0 Å². The van der Waals surface area contributed by atoms with Crippen molar-refractivity contribution in [2.45, 2.75) is 51.6 Å². The summed E-state index contributed by atoms with van der Waals surface area (Å²) in [6.07, 6.45) is 2.83. The summed E-state index contributed by atoms with van der Waals surface area (Å²) in [5.74, 6) is 0.382. The molecule has 3 heterocycles. The van der Waals surface area contributed by atoms with E-state index in [4.69, 9.17) is 0 Å². The summed E-state index contributed by atoms with van der Waals surface area (Å²) in [4.78, 5) is 34.0. The highest BCUT2D eigenvalue weighted by atomic mass is 32.1. The molecule has 0 saturated carbocycles. The molecule has 2 atom stereocenters. The second kappa shape index (κ2) is 11.6. The van der Waals surface area contributed by atoms with Gasteiger partial charge in [-0.1, -0.05) is 54.6 Å². The highest BCUT2D eigenvalue weighted by Gasteiger charge is 2.33. The molecule has 1 saturated heterocycles. The molecule has 194 valence electrons. The first-order valence-electron chi connectivity index (χ1n) is 13.5. The van der Waals surface area contributed by atoms with Gasteiger partial charge in [-0.2, -0.15) is 0 Å². The van der Waals surface area contributed by atoms with Crippen molar-refractivity contribution in [1.29, 1.82) is 0 Å². The molecular formula is C31H37N3O2S. The summed E-state index contributed by atoms with van der Waals surface area (Å²) in [7, 11) is 0. The zero-order valence-corrected chi connectivity index (χ0v) is 22.8. The van der Waals surface area contributed by atoms with Crippen molar-refractivity contribution in [2.24, 2.45) is 0 Å². The van der Waals surface area contributed by atoms with Crippen molar-refractivity contribution < 1.29 is 9.59 Å². The molecule has 0 aliphatic carbocycles. The third kappa shape index (κ3) is 5.81. The van der Waals surface area contributed by atoms with Gasteiger partial charge in [-0.25, -0.2) is 0 Å². The summed E-state index contributed by atoms with van der Waals surface area (Å²) >= 11 is 1.85. The van der Waals surface area contributed by atoms with Crippen LogP contribution in [0, 0.1) is 6.92 Å². The number of hydrogen-bond donors (Lipinski definition) is 0. The van der Waals surface area contributed by atoms with Gasteiger partial charge in [-0.15, -0.1) is 11.3 Å². The Kier molecular flexibility index (Phi) is 8.06. The van der Waals surface area contributed by atoms with E-state index in [-0.39, 0.29) is 23.9 Å². The monoisotopic (exact) mass is 515 g/mol. The third-order valence-corrected chi connectivity index (χ3v) is 8.93. The predicted molar refractivity (Wildman–Crippen MR) is 150 cm³/mol. The number of fused-ring (bicyclic) bond motifs is 1. The molecule has 37 heavy (non-hydrogen) atoms. The molecule has 0 spiro atoms. The third-order valence-electron chi connectivity index (χ3n) is 7.93. The molecule has 1 fully saturated rings. The Labute approximate surface area is 224 Å². The first kappa shape index (κ1) is 25.7. The number of nitrogens with zero attached hydrogens (tertiary/aromatic N) is 3. The van der Waals surface area contributed by atoms with E-state index in [1.165, 1.54) is 27.1 Å². The van der Waals surface area contributed by atoms with E-state index in [9.17, 15) is 9.59 Å². The van der Waals surface area contributed by atoms with E-state index >= 15 is 0 Å². The fraction of sp³-hybridized carbons (Fsp3) is 0.419. The lowest BCUT2D eigenvalue weighted by Gasteiger charge is -2.41. The number of rotatable bonds is 7. The van der Waals surface area contributed by atoms with Gasteiger partial charge in [0.2, 0.25) is 11.8 Å². The minimum absolute atomic E-state index is 0.0454. The molecule has 5 nitrogen and oxygen atoms in total. The standard InChI is InChI=1S/C31H37N3O2S/c1-23-8-6-7-11-26(23)31-27-16-21-37-28(27)14-17-32(31)18-15-29(35)33-19-20-34(24(2)22-33)30(36)13-12-25-9-4-3-5-10-25/h3-11,16,21,24,31H,12-15,17-20,22H2,1-2H3. The largest absolute Gasteiger partial charge is 0.339 e. The van der Waals surface area contributed by atoms with Gasteiger partial charge in [0.25, 0.3) is 0 Å². The summed E-state index contributed by atoms with van der Waals surface area (Å²) in [6, 6.07) is 21.3. The number of hydrogen-bond acceptors (Lipinski definition) is 4. The lowest BCUT2D eigenvalue weighted by Crippen LogP contribution is -2.55. The summed E-state index contributed by atoms with van der Waals surface area (Å²) < 4.78 is 0. The molecule has 5 rings (SSSR count). The van der Waals surface area contributed by atoms with Crippen LogP contribution >= 0.6 is 11.3 Å². The minimum Gasteiger partial charge on any atom is -0.339 e. The molecule has 0 radical (unpaired) electrons. The van der Waals surface area contributed by atoms with Gasteiger partial charge in [0.15, 0.2) is 0 Å². The van der Waals surface area contributed by atoms with Crippen LogP contribution in [-0.2, 0) is 22.4 Å². The number of thiophene rings is 1. The molecular weight excluding hydrogens is 478 g/mol. The van der Waals surface area contributed by atoms with Crippen LogP contribution in [0.1, 0.15) is 52.9 Å². The molecule has 2 unspecified atom stereocenters.